The van der Waals surface area contributed by atoms with Gasteiger partial charge in [-0.25, -0.2) is 0 Å². The smallest absolute Gasteiger partial charge is 0.177 e. The number of anilines is 2. The maximum Gasteiger partial charge on any atom is 0.177 e. The van der Waals surface area contributed by atoms with Crippen molar-refractivity contribution in [3.05, 3.63) is 60.7 Å². The summed E-state index contributed by atoms with van der Waals surface area (Å²) in [5, 5.41) is 4.05. The van der Waals surface area contributed by atoms with E-state index in [1.165, 1.54) is 0 Å². The Bertz CT molecular complexity index is 569. The van der Waals surface area contributed by atoms with Gasteiger partial charge in [0.15, 0.2) is 5.11 Å². The molecule has 1 N–H and O–H groups in total. The van der Waals surface area contributed by atoms with Crippen molar-refractivity contribution in [1.29, 1.82) is 0 Å². The Morgan fingerprint density at radius 3 is 2.09 bits per heavy atom. The first kappa shape index (κ1) is 16.5. The molecular weight excluding hydrogens is 290 g/mol. The van der Waals surface area contributed by atoms with E-state index in [0.29, 0.717) is 0 Å². The van der Waals surface area contributed by atoms with Crippen LogP contribution in [0.15, 0.2) is 60.7 Å². The van der Waals surface area contributed by atoms with Gasteiger partial charge < -0.3 is 15.1 Å². The number of hydrogen-bond acceptors (Lipinski definition) is 2. The zero-order valence-corrected chi connectivity index (χ0v) is 14.0. The van der Waals surface area contributed by atoms with Crippen LogP contribution >= 0.6 is 12.2 Å². The van der Waals surface area contributed by atoms with Crippen molar-refractivity contribution >= 4 is 28.7 Å². The lowest BCUT2D eigenvalue weighted by molar-refractivity contribution is 0.403. The number of benzene rings is 2. The SMILES string of the molecule is CN(C)CCCN(C(=S)Nc1ccccc1)c1ccccc1. The van der Waals surface area contributed by atoms with E-state index in [1.807, 2.05) is 48.5 Å². The minimum Gasteiger partial charge on any atom is -0.332 e. The number of para-hydroxylation sites is 2. The second-order valence-electron chi connectivity index (χ2n) is 5.44. The molecule has 0 aliphatic carbocycles. The van der Waals surface area contributed by atoms with Gasteiger partial charge in [0, 0.05) is 17.9 Å². The molecule has 0 fully saturated rings. The van der Waals surface area contributed by atoms with Crippen LogP contribution in [0.25, 0.3) is 0 Å². The monoisotopic (exact) mass is 313 g/mol. The highest BCUT2D eigenvalue weighted by molar-refractivity contribution is 7.80. The maximum absolute atomic E-state index is 5.62. The second-order valence-corrected chi connectivity index (χ2v) is 5.83. The van der Waals surface area contributed by atoms with Crippen LogP contribution in [0.5, 0.6) is 0 Å². The van der Waals surface area contributed by atoms with Crippen molar-refractivity contribution in [3.63, 3.8) is 0 Å². The molecule has 0 saturated heterocycles. The number of nitrogens with zero attached hydrogens (tertiary/aromatic N) is 2. The van der Waals surface area contributed by atoms with Gasteiger partial charge >= 0.3 is 0 Å². The van der Waals surface area contributed by atoms with E-state index in [-0.39, 0.29) is 0 Å². The molecule has 116 valence electrons. The van der Waals surface area contributed by atoms with E-state index < -0.39 is 0 Å². The lowest BCUT2D eigenvalue weighted by Crippen LogP contribution is -2.36. The summed E-state index contributed by atoms with van der Waals surface area (Å²) < 4.78 is 0. The van der Waals surface area contributed by atoms with Crippen LogP contribution in [0.1, 0.15) is 6.42 Å². The molecular formula is C18H23N3S. The molecule has 2 rings (SSSR count). The molecule has 0 atom stereocenters. The van der Waals surface area contributed by atoms with Crippen molar-refractivity contribution in [1.82, 2.24) is 4.90 Å². The van der Waals surface area contributed by atoms with Gasteiger partial charge in [0.2, 0.25) is 0 Å². The quantitative estimate of drug-likeness (QED) is 0.816. The first-order valence-electron chi connectivity index (χ1n) is 7.50. The largest absolute Gasteiger partial charge is 0.332 e. The molecule has 0 spiro atoms. The third-order valence-electron chi connectivity index (χ3n) is 3.33. The second kappa shape index (κ2) is 8.51. The molecule has 0 bridgehead atoms. The van der Waals surface area contributed by atoms with Crippen molar-refractivity contribution in [2.75, 3.05) is 37.4 Å². The Kier molecular flexibility index (Phi) is 6.37. The number of hydrogen-bond donors (Lipinski definition) is 1. The molecule has 0 aliphatic heterocycles. The Balaban J connectivity index is 2.07. The van der Waals surface area contributed by atoms with E-state index in [1.54, 1.807) is 0 Å². The lowest BCUT2D eigenvalue weighted by atomic mass is 10.2. The Labute approximate surface area is 138 Å². The van der Waals surface area contributed by atoms with Crippen molar-refractivity contribution in [3.8, 4) is 0 Å². The topological polar surface area (TPSA) is 18.5 Å². The number of nitrogens with one attached hydrogen (secondary N) is 1. The van der Waals surface area contributed by atoms with Crippen LogP contribution in [0.3, 0.4) is 0 Å². The molecule has 0 unspecified atom stereocenters. The fourth-order valence-corrected chi connectivity index (χ4v) is 2.53. The average molecular weight is 313 g/mol. The van der Waals surface area contributed by atoms with Crippen LogP contribution in [0.4, 0.5) is 11.4 Å². The molecule has 2 aromatic carbocycles. The highest BCUT2D eigenvalue weighted by Crippen LogP contribution is 2.16. The molecule has 0 aromatic heterocycles. The van der Waals surface area contributed by atoms with Gasteiger partial charge in [-0.15, -0.1) is 0 Å². The van der Waals surface area contributed by atoms with Crippen LogP contribution in [0, 0.1) is 0 Å². The van der Waals surface area contributed by atoms with Gasteiger partial charge in [0.1, 0.15) is 0 Å². The van der Waals surface area contributed by atoms with Crippen molar-refractivity contribution < 1.29 is 0 Å². The third-order valence-corrected chi connectivity index (χ3v) is 3.65. The van der Waals surface area contributed by atoms with E-state index in [4.69, 9.17) is 12.2 Å². The van der Waals surface area contributed by atoms with Gasteiger partial charge in [0.05, 0.1) is 0 Å². The van der Waals surface area contributed by atoms with Crippen LogP contribution in [0.2, 0.25) is 0 Å². The van der Waals surface area contributed by atoms with E-state index in [9.17, 15) is 0 Å². The first-order valence-corrected chi connectivity index (χ1v) is 7.91. The molecule has 3 nitrogen and oxygen atoms in total. The first-order chi connectivity index (χ1) is 10.7. The molecule has 0 heterocycles. The summed E-state index contributed by atoms with van der Waals surface area (Å²) in [6.45, 7) is 1.93. The highest BCUT2D eigenvalue weighted by Gasteiger charge is 2.12. The van der Waals surface area contributed by atoms with Crippen LogP contribution < -0.4 is 10.2 Å². The molecule has 2 aromatic rings. The van der Waals surface area contributed by atoms with Crippen molar-refractivity contribution in [2.45, 2.75) is 6.42 Å². The summed E-state index contributed by atoms with van der Waals surface area (Å²) in [5.41, 5.74) is 2.13. The van der Waals surface area contributed by atoms with Gasteiger partial charge in [-0.05, 0) is 63.5 Å². The fraction of sp³-hybridized carbons (Fsp3) is 0.278. The summed E-state index contributed by atoms with van der Waals surface area (Å²) in [6.07, 6.45) is 1.05. The molecule has 22 heavy (non-hydrogen) atoms. The molecule has 0 radical (unpaired) electrons. The molecule has 0 saturated carbocycles. The highest BCUT2D eigenvalue weighted by atomic mass is 32.1. The summed E-state index contributed by atoms with van der Waals surface area (Å²) in [4.78, 5) is 4.35. The van der Waals surface area contributed by atoms with E-state index in [2.05, 4.69) is 41.3 Å². The van der Waals surface area contributed by atoms with Gasteiger partial charge in [-0.2, -0.15) is 0 Å². The minimum atomic E-state index is 0.733. The van der Waals surface area contributed by atoms with Gasteiger partial charge in [-0.1, -0.05) is 36.4 Å². The Morgan fingerprint density at radius 2 is 1.50 bits per heavy atom. The summed E-state index contributed by atoms with van der Waals surface area (Å²) in [5.74, 6) is 0. The fourth-order valence-electron chi connectivity index (χ4n) is 2.21. The zero-order chi connectivity index (χ0) is 15.8. The maximum atomic E-state index is 5.62. The molecule has 0 aliphatic rings. The minimum absolute atomic E-state index is 0.733. The summed E-state index contributed by atoms with van der Waals surface area (Å²) >= 11 is 5.62. The van der Waals surface area contributed by atoms with Gasteiger partial charge in [0.25, 0.3) is 0 Å². The van der Waals surface area contributed by atoms with E-state index in [0.717, 1.165) is 36.0 Å². The van der Waals surface area contributed by atoms with Gasteiger partial charge in [-0.3, -0.25) is 0 Å². The number of thiocarbonyl (C=S) groups is 1. The average Bonchev–Trinajstić information content (AvgIpc) is 2.53. The number of rotatable bonds is 6. The predicted molar refractivity (Wildman–Crippen MR) is 99.6 cm³/mol. The lowest BCUT2D eigenvalue weighted by Gasteiger charge is -2.26. The van der Waals surface area contributed by atoms with Crippen LogP contribution in [-0.4, -0.2) is 37.2 Å². The summed E-state index contributed by atoms with van der Waals surface area (Å²) in [7, 11) is 4.18. The molecule has 4 heteroatoms. The zero-order valence-electron chi connectivity index (χ0n) is 13.2. The molecule has 0 amide bonds. The predicted octanol–water partition coefficient (Wildman–Crippen LogP) is 3.84. The standard InChI is InChI=1S/C18H23N3S/c1-20(2)14-9-15-21(17-12-7-4-8-13-17)18(22)19-16-10-5-3-6-11-16/h3-8,10-13H,9,14-15H2,1-2H3,(H,19,22). The summed E-state index contributed by atoms with van der Waals surface area (Å²) in [6, 6.07) is 20.3. The van der Waals surface area contributed by atoms with E-state index >= 15 is 0 Å². The Morgan fingerprint density at radius 1 is 0.909 bits per heavy atom. The Hall–Kier alpha value is -1.91. The normalized spacial score (nSPS) is 10.5. The van der Waals surface area contributed by atoms with Crippen molar-refractivity contribution in [2.24, 2.45) is 0 Å². The van der Waals surface area contributed by atoms with Crippen LogP contribution in [-0.2, 0) is 0 Å². The third kappa shape index (κ3) is 5.13.